The lowest BCUT2D eigenvalue weighted by molar-refractivity contribution is 0.173. The summed E-state index contributed by atoms with van der Waals surface area (Å²) in [5, 5.41) is 4.05. The Hall–Kier alpha value is -2.93. The van der Waals surface area contributed by atoms with Crippen molar-refractivity contribution in [3.8, 4) is 22.9 Å². The van der Waals surface area contributed by atoms with Gasteiger partial charge in [-0.2, -0.15) is 4.98 Å². The van der Waals surface area contributed by atoms with E-state index in [1.165, 1.54) is 12.1 Å². The van der Waals surface area contributed by atoms with Crippen molar-refractivity contribution < 1.29 is 18.4 Å². The highest BCUT2D eigenvalue weighted by molar-refractivity contribution is 5.53. The maximum Gasteiger partial charge on any atom is 0.231 e. The van der Waals surface area contributed by atoms with Gasteiger partial charge in [0, 0.05) is 18.7 Å². The molecule has 4 rings (SSSR count). The molecular weight excluding hydrogens is 385 g/mol. The number of nitrogens with zero attached hydrogens (tertiary/aromatic N) is 3. The van der Waals surface area contributed by atoms with E-state index in [4.69, 9.17) is 14.0 Å². The molecule has 0 radical (unpaired) electrons. The lowest BCUT2D eigenvalue weighted by Gasteiger charge is -2.30. The Morgan fingerprint density at radius 1 is 1.17 bits per heavy atom. The third-order valence-electron chi connectivity index (χ3n) is 5.33. The average Bonchev–Trinajstić information content (AvgIpc) is 3.28. The molecule has 158 valence electrons. The van der Waals surface area contributed by atoms with E-state index in [-0.39, 0.29) is 11.7 Å². The van der Waals surface area contributed by atoms with Gasteiger partial charge in [0.1, 0.15) is 17.3 Å². The summed E-state index contributed by atoms with van der Waals surface area (Å²) in [7, 11) is 1.65. The molecule has 30 heavy (non-hydrogen) atoms. The lowest BCUT2D eigenvalue weighted by atomic mass is 9.98. The van der Waals surface area contributed by atoms with Crippen LogP contribution in [0.5, 0.6) is 11.5 Å². The largest absolute Gasteiger partial charge is 0.497 e. The Morgan fingerprint density at radius 2 is 2.00 bits per heavy atom. The topological polar surface area (TPSA) is 60.6 Å². The van der Waals surface area contributed by atoms with Crippen molar-refractivity contribution in [3.63, 3.8) is 0 Å². The number of ether oxygens (including phenoxy) is 2. The monoisotopic (exact) mass is 411 g/mol. The van der Waals surface area contributed by atoms with Gasteiger partial charge in [-0.05, 0) is 62.2 Å². The summed E-state index contributed by atoms with van der Waals surface area (Å²) >= 11 is 0. The van der Waals surface area contributed by atoms with E-state index < -0.39 is 0 Å². The minimum absolute atomic E-state index is 0.205. The lowest BCUT2D eigenvalue weighted by Crippen LogP contribution is -2.35. The molecule has 0 N–H and O–H groups in total. The first kappa shape index (κ1) is 20.3. The van der Waals surface area contributed by atoms with Crippen LogP contribution in [0.25, 0.3) is 11.4 Å². The average molecular weight is 411 g/mol. The van der Waals surface area contributed by atoms with Crippen molar-refractivity contribution in [1.82, 2.24) is 15.0 Å². The molecule has 1 aliphatic heterocycles. The summed E-state index contributed by atoms with van der Waals surface area (Å²) in [6.45, 7) is 3.56. The molecule has 3 aromatic rings. The van der Waals surface area contributed by atoms with Crippen LogP contribution in [-0.4, -0.2) is 48.4 Å². The van der Waals surface area contributed by atoms with Crippen LogP contribution in [0, 0.1) is 5.82 Å². The number of likely N-dealkylation sites (tertiary alicyclic amines) is 1. The second-order valence-corrected chi connectivity index (χ2v) is 7.48. The fourth-order valence-corrected chi connectivity index (χ4v) is 3.76. The van der Waals surface area contributed by atoms with Crippen molar-refractivity contribution in [2.75, 3.05) is 33.4 Å². The van der Waals surface area contributed by atoms with Crippen molar-refractivity contribution >= 4 is 0 Å². The van der Waals surface area contributed by atoms with Gasteiger partial charge in [0.25, 0.3) is 0 Å². The third kappa shape index (κ3) is 5.16. The van der Waals surface area contributed by atoms with Gasteiger partial charge in [0.05, 0.1) is 19.6 Å². The van der Waals surface area contributed by atoms with Crippen molar-refractivity contribution in [2.45, 2.75) is 25.2 Å². The minimum Gasteiger partial charge on any atom is -0.497 e. The van der Waals surface area contributed by atoms with Crippen LogP contribution in [0.2, 0.25) is 0 Å². The van der Waals surface area contributed by atoms with Gasteiger partial charge in [-0.3, -0.25) is 0 Å². The zero-order valence-electron chi connectivity index (χ0n) is 17.1. The predicted molar refractivity (Wildman–Crippen MR) is 111 cm³/mol. The quantitative estimate of drug-likeness (QED) is 0.508. The first-order valence-electron chi connectivity index (χ1n) is 10.3. The van der Waals surface area contributed by atoms with Gasteiger partial charge in [-0.25, -0.2) is 4.39 Å². The molecule has 2 aromatic carbocycles. The number of benzene rings is 2. The van der Waals surface area contributed by atoms with Gasteiger partial charge in [0.15, 0.2) is 0 Å². The van der Waals surface area contributed by atoms with Crippen LogP contribution in [0.3, 0.4) is 0 Å². The van der Waals surface area contributed by atoms with Gasteiger partial charge in [-0.1, -0.05) is 17.3 Å². The van der Waals surface area contributed by atoms with E-state index in [9.17, 15) is 4.39 Å². The number of hydrogen-bond acceptors (Lipinski definition) is 6. The number of aromatic nitrogens is 2. The maximum atomic E-state index is 13.4. The smallest absolute Gasteiger partial charge is 0.231 e. The van der Waals surface area contributed by atoms with E-state index in [0.29, 0.717) is 23.9 Å². The van der Waals surface area contributed by atoms with Gasteiger partial charge < -0.3 is 18.9 Å². The Bertz CT molecular complexity index is 945. The molecule has 1 aliphatic rings. The zero-order valence-corrected chi connectivity index (χ0v) is 17.1. The van der Waals surface area contributed by atoms with E-state index >= 15 is 0 Å². The first-order valence-corrected chi connectivity index (χ1v) is 10.3. The zero-order chi connectivity index (χ0) is 20.8. The Labute approximate surface area is 175 Å². The standard InChI is InChI=1S/C23H26FN3O3/c1-28-20-8-10-21(11-9-20)29-14-4-13-27-12-3-6-18(16-27)23-25-22(26-30-23)17-5-2-7-19(24)15-17/h2,5,7-11,15,18H,3-4,6,12-14,16H2,1H3. The van der Waals surface area contributed by atoms with Gasteiger partial charge in [0.2, 0.25) is 11.7 Å². The highest BCUT2D eigenvalue weighted by Gasteiger charge is 2.26. The fourth-order valence-electron chi connectivity index (χ4n) is 3.76. The summed E-state index contributed by atoms with van der Waals surface area (Å²) in [4.78, 5) is 6.94. The predicted octanol–water partition coefficient (Wildman–Crippen LogP) is 4.53. The summed E-state index contributed by atoms with van der Waals surface area (Å²) in [5.41, 5.74) is 0.633. The molecule has 1 aromatic heterocycles. The van der Waals surface area contributed by atoms with Crippen LogP contribution >= 0.6 is 0 Å². The Kier molecular flexibility index (Phi) is 6.59. The van der Waals surface area contributed by atoms with Gasteiger partial charge >= 0.3 is 0 Å². The molecule has 7 heteroatoms. The second kappa shape index (κ2) is 9.71. The van der Waals surface area contributed by atoms with E-state index in [0.717, 1.165) is 50.4 Å². The number of rotatable bonds is 8. The number of hydrogen-bond donors (Lipinski definition) is 0. The van der Waals surface area contributed by atoms with Crippen LogP contribution in [0.15, 0.2) is 53.1 Å². The summed E-state index contributed by atoms with van der Waals surface area (Å²) in [6, 6.07) is 13.9. The normalized spacial score (nSPS) is 17.1. The van der Waals surface area contributed by atoms with Crippen molar-refractivity contribution in [3.05, 3.63) is 60.2 Å². The summed E-state index contributed by atoms with van der Waals surface area (Å²) < 4.78 is 29.9. The van der Waals surface area contributed by atoms with E-state index in [1.807, 2.05) is 24.3 Å². The summed E-state index contributed by atoms with van der Waals surface area (Å²) in [5.74, 6) is 2.64. The van der Waals surface area contributed by atoms with Gasteiger partial charge in [-0.15, -0.1) is 0 Å². The molecule has 0 bridgehead atoms. The Balaban J connectivity index is 1.26. The SMILES string of the molecule is COc1ccc(OCCCN2CCCC(c3nc(-c4cccc(F)c4)no3)C2)cc1. The maximum absolute atomic E-state index is 13.4. The molecular formula is C23H26FN3O3. The highest BCUT2D eigenvalue weighted by atomic mass is 19.1. The number of methoxy groups -OCH3 is 1. The molecule has 0 spiro atoms. The highest BCUT2D eigenvalue weighted by Crippen LogP contribution is 2.28. The molecule has 0 saturated carbocycles. The number of piperidine rings is 1. The summed E-state index contributed by atoms with van der Waals surface area (Å²) in [6.07, 6.45) is 3.04. The van der Waals surface area contributed by atoms with Crippen LogP contribution in [0.1, 0.15) is 31.1 Å². The molecule has 2 heterocycles. The molecule has 1 atom stereocenters. The Morgan fingerprint density at radius 3 is 2.80 bits per heavy atom. The second-order valence-electron chi connectivity index (χ2n) is 7.48. The molecule has 1 unspecified atom stereocenters. The van der Waals surface area contributed by atoms with E-state index in [1.54, 1.807) is 19.2 Å². The molecule has 6 nitrogen and oxygen atoms in total. The van der Waals surface area contributed by atoms with E-state index in [2.05, 4.69) is 15.0 Å². The molecule has 1 saturated heterocycles. The van der Waals surface area contributed by atoms with Crippen LogP contribution in [0.4, 0.5) is 4.39 Å². The molecule has 1 fully saturated rings. The van der Waals surface area contributed by atoms with Crippen molar-refractivity contribution in [2.24, 2.45) is 0 Å². The molecule has 0 amide bonds. The first-order chi connectivity index (χ1) is 14.7. The fraction of sp³-hybridized carbons (Fsp3) is 0.391. The minimum atomic E-state index is -0.306. The van der Waals surface area contributed by atoms with Crippen molar-refractivity contribution in [1.29, 1.82) is 0 Å². The number of halogens is 1. The molecule has 0 aliphatic carbocycles. The van der Waals surface area contributed by atoms with Crippen LogP contribution < -0.4 is 9.47 Å². The third-order valence-corrected chi connectivity index (χ3v) is 5.33. The van der Waals surface area contributed by atoms with Crippen LogP contribution in [-0.2, 0) is 0 Å².